The molecule has 0 unspecified atom stereocenters. The Morgan fingerprint density at radius 1 is 1.11 bits per heavy atom. The first-order valence-corrected chi connectivity index (χ1v) is 14.5. The largest absolute Gasteiger partial charge is 0.356 e. The number of carbonyl (C=O) groups excluding carboxylic acids is 1. The topological polar surface area (TPSA) is 113 Å². The predicted octanol–water partition coefficient (Wildman–Crippen LogP) is 2.61. The average Bonchev–Trinajstić information content (AvgIpc) is 3.55. The molecular formula is C23H31N7O3S2. The SMILES string of the molecule is CCN(CC)S(=O)(=O)c1ccc(C(=O)NCCn2ncc3c(N4CCCC4)nc(SC)nc32)cc1. The zero-order valence-corrected chi connectivity index (χ0v) is 21.9. The molecule has 1 fully saturated rings. The molecule has 10 nitrogen and oxygen atoms in total. The van der Waals surface area contributed by atoms with Crippen molar-refractivity contribution >= 4 is 44.5 Å². The van der Waals surface area contributed by atoms with E-state index in [0.29, 0.717) is 36.9 Å². The second kappa shape index (κ2) is 10.9. The van der Waals surface area contributed by atoms with Gasteiger partial charge in [0.15, 0.2) is 10.8 Å². The van der Waals surface area contributed by atoms with Crippen LogP contribution in [0.4, 0.5) is 5.82 Å². The van der Waals surface area contributed by atoms with Gasteiger partial charge in [-0.1, -0.05) is 25.6 Å². The molecule has 4 rings (SSSR count). The zero-order chi connectivity index (χ0) is 25.0. The summed E-state index contributed by atoms with van der Waals surface area (Å²) in [6, 6.07) is 6.03. The first kappa shape index (κ1) is 25.4. The Bertz CT molecular complexity index is 1280. The first-order valence-electron chi connectivity index (χ1n) is 11.8. The van der Waals surface area contributed by atoms with Crippen molar-refractivity contribution in [2.45, 2.75) is 43.3 Å². The van der Waals surface area contributed by atoms with E-state index in [0.717, 1.165) is 42.8 Å². The van der Waals surface area contributed by atoms with Gasteiger partial charge in [-0.25, -0.2) is 23.1 Å². The van der Waals surface area contributed by atoms with Crippen molar-refractivity contribution in [3.8, 4) is 0 Å². The van der Waals surface area contributed by atoms with E-state index in [1.54, 1.807) is 24.7 Å². The standard InChI is InChI=1S/C23H31N7O3S2/c1-4-29(5-2)35(32,33)18-10-8-17(9-11-18)22(31)24-12-15-30-21-19(16-25-30)20(26-23(27-21)34-3)28-13-6-7-14-28/h8-11,16H,4-7,12-15H2,1-3H3,(H,24,31). The molecule has 1 aliphatic rings. The van der Waals surface area contributed by atoms with Crippen molar-refractivity contribution in [1.82, 2.24) is 29.4 Å². The van der Waals surface area contributed by atoms with Crippen molar-refractivity contribution in [3.63, 3.8) is 0 Å². The molecule has 3 heterocycles. The summed E-state index contributed by atoms with van der Waals surface area (Å²) in [4.78, 5) is 24.5. The van der Waals surface area contributed by atoms with E-state index in [9.17, 15) is 13.2 Å². The molecule has 1 N–H and O–H groups in total. The maximum absolute atomic E-state index is 12.6. The van der Waals surface area contributed by atoms with Gasteiger partial charge < -0.3 is 10.2 Å². The molecule has 0 atom stereocenters. The Morgan fingerprint density at radius 2 is 1.80 bits per heavy atom. The molecule has 188 valence electrons. The van der Waals surface area contributed by atoms with E-state index in [4.69, 9.17) is 4.98 Å². The van der Waals surface area contributed by atoms with Crippen molar-refractivity contribution in [3.05, 3.63) is 36.0 Å². The molecule has 0 aliphatic carbocycles. The Labute approximate surface area is 210 Å². The van der Waals surface area contributed by atoms with Crippen LogP contribution in [0.5, 0.6) is 0 Å². The van der Waals surface area contributed by atoms with Crippen molar-refractivity contribution in [2.24, 2.45) is 0 Å². The van der Waals surface area contributed by atoms with Gasteiger partial charge in [0.05, 0.1) is 23.0 Å². The Morgan fingerprint density at radius 3 is 2.43 bits per heavy atom. The number of fused-ring (bicyclic) bond motifs is 1. The third kappa shape index (κ3) is 5.29. The van der Waals surface area contributed by atoms with Crippen molar-refractivity contribution in [2.75, 3.05) is 43.9 Å². The van der Waals surface area contributed by atoms with Crippen LogP contribution in [0.1, 0.15) is 37.0 Å². The van der Waals surface area contributed by atoms with Crippen LogP contribution in [-0.2, 0) is 16.6 Å². The van der Waals surface area contributed by atoms with Gasteiger partial charge >= 0.3 is 0 Å². The molecule has 0 radical (unpaired) electrons. The van der Waals surface area contributed by atoms with E-state index < -0.39 is 10.0 Å². The fraction of sp³-hybridized carbons (Fsp3) is 0.478. The van der Waals surface area contributed by atoms with Crippen LogP contribution >= 0.6 is 11.8 Å². The van der Waals surface area contributed by atoms with Gasteiger partial charge in [-0.2, -0.15) is 9.40 Å². The summed E-state index contributed by atoms with van der Waals surface area (Å²) in [5.74, 6) is 0.650. The fourth-order valence-corrected chi connectivity index (χ4v) is 6.03. The first-order chi connectivity index (χ1) is 16.9. The Balaban J connectivity index is 1.43. The van der Waals surface area contributed by atoms with Gasteiger partial charge in [-0.15, -0.1) is 0 Å². The van der Waals surface area contributed by atoms with Crippen LogP contribution in [-0.4, -0.2) is 77.4 Å². The quantitative estimate of drug-likeness (QED) is 0.323. The molecule has 1 aliphatic heterocycles. The zero-order valence-electron chi connectivity index (χ0n) is 20.3. The summed E-state index contributed by atoms with van der Waals surface area (Å²) in [5.41, 5.74) is 1.16. The predicted molar refractivity (Wildman–Crippen MR) is 137 cm³/mol. The minimum absolute atomic E-state index is 0.179. The van der Waals surface area contributed by atoms with Gasteiger partial charge in [0.25, 0.3) is 5.91 Å². The highest BCUT2D eigenvalue weighted by Crippen LogP contribution is 2.28. The Hall–Kier alpha value is -2.70. The lowest BCUT2D eigenvalue weighted by Gasteiger charge is -2.18. The van der Waals surface area contributed by atoms with Crippen LogP contribution in [0.3, 0.4) is 0 Å². The molecule has 0 spiro atoms. The van der Waals surface area contributed by atoms with Gasteiger partial charge in [0.1, 0.15) is 5.82 Å². The number of nitrogens with one attached hydrogen (secondary N) is 1. The van der Waals surface area contributed by atoms with E-state index >= 15 is 0 Å². The lowest BCUT2D eigenvalue weighted by molar-refractivity contribution is 0.0952. The molecule has 0 saturated carbocycles. The normalized spacial score (nSPS) is 14.2. The number of sulfonamides is 1. The van der Waals surface area contributed by atoms with Crippen molar-refractivity contribution < 1.29 is 13.2 Å². The van der Waals surface area contributed by atoms with Crippen molar-refractivity contribution in [1.29, 1.82) is 0 Å². The maximum Gasteiger partial charge on any atom is 0.251 e. The molecule has 3 aromatic rings. The maximum atomic E-state index is 12.6. The van der Waals surface area contributed by atoms with E-state index in [-0.39, 0.29) is 10.8 Å². The summed E-state index contributed by atoms with van der Waals surface area (Å²) >= 11 is 1.50. The summed E-state index contributed by atoms with van der Waals surface area (Å²) in [6.07, 6.45) is 6.06. The minimum Gasteiger partial charge on any atom is -0.356 e. The molecule has 35 heavy (non-hydrogen) atoms. The molecule has 1 amide bonds. The highest BCUT2D eigenvalue weighted by Gasteiger charge is 2.22. The molecular weight excluding hydrogens is 486 g/mol. The van der Waals surface area contributed by atoms with Crippen LogP contribution in [0.2, 0.25) is 0 Å². The summed E-state index contributed by atoms with van der Waals surface area (Å²) < 4.78 is 28.5. The molecule has 12 heteroatoms. The second-order valence-electron chi connectivity index (χ2n) is 8.20. The van der Waals surface area contributed by atoms with E-state index in [1.807, 2.05) is 6.26 Å². The number of anilines is 1. The number of rotatable bonds is 10. The second-order valence-corrected chi connectivity index (χ2v) is 10.9. The third-order valence-electron chi connectivity index (χ3n) is 6.11. The number of aromatic nitrogens is 4. The van der Waals surface area contributed by atoms with Gasteiger partial charge in [0, 0.05) is 38.3 Å². The summed E-state index contributed by atoms with van der Waals surface area (Å²) in [6.45, 7) is 7.16. The summed E-state index contributed by atoms with van der Waals surface area (Å²) in [7, 11) is -3.55. The van der Waals surface area contributed by atoms with Gasteiger partial charge in [-0.3, -0.25) is 4.79 Å². The number of carbonyl (C=O) groups is 1. The van der Waals surface area contributed by atoms with E-state index in [2.05, 4.69) is 20.3 Å². The average molecular weight is 518 g/mol. The van der Waals surface area contributed by atoms with E-state index in [1.165, 1.54) is 40.3 Å². The lowest BCUT2D eigenvalue weighted by atomic mass is 10.2. The molecule has 2 aromatic heterocycles. The molecule has 1 aromatic carbocycles. The van der Waals surface area contributed by atoms with Gasteiger partial charge in [-0.05, 0) is 43.4 Å². The number of benzene rings is 1. The Kier molecular flexibility index (Phi) is 7.92. The number of hydrogen-bond acceptors (Lipinski definition) is 8. The van der Waals surface area contributed by atoms with Crippen LogP contribution in [0.15, 0.2) is 40.5 Å². The fourth-order valence-electron chi connectivity index (χ4n) is 4.21. The number of nitrogens with zero attached hydrogens (tertiary/aromatic N) is 6. The lowest BCUT2D eigenvalue weighted by Crippen LogP contribution is -2.31. The highest BCUT2D eigenvalue weighted by atomic mass is 32.2. The highest BCUT2D eigenvalue weighted by molar-refractivity contribution is 7.98. The smallest absolute Gasteiger partial charge is 0.251 e. The van der Waals surface area contributed by atoms with Crippen LogP contribution in [0.25, 0.3) is 11.0 Å². The molecule has 1 saturated heterocycles. The third-order valence-corrected chi connectivity index (χ3v) is 8.72. The number of thioether (sulfide) groups is 1. The van der Waals surface area contributed by atoms with Gasteiger partial charge in [0.2, 0.25) is 10.0 Å². The monoisotopic (exact) mass is 517 g/mol. The minimum atomic E-state index is -3.55. The number of hydrogen-bond donors (Lipinski definition) is 1. The van der Waals surface area contributed by atoms with Crippen LogP contribution in [0, 0.1) is 0 Å². The molecule has 0 bridgehead atoms. The van der Waals surface area contributed by atoms with Crippen LogP contribution < -0.4 is 10.2 Å². The number of amides is 1. The summed E-state index contributed by atoms with van der Waals surface area (Å²) in [5, 5.41) is 9.00.